The maximum atomic E-state index is 13.2. The van der Waals surface area contributed by atoms with Gasteiger partial charge in [0, 0.05) is 69.9 Å². The van der Waals surface area contributed by atoms with Crippen LogP contribution in [0.15, 0.2) is 29.9 Å². The van der Waals surface area contributed by atoms with Gasteiger partial charge in [0.1, 0.15) is 18.4 Å². The molecule has 3 unspecified atom stereocenters. The second-order valence-corrected chi connectivity index (χ2v) is 11.2. The number of hydrogen-bond acceptors (Lipinski definition) is 8. The number of likely N-dealkylation sites (tertiary alicyclic amines) is 1. The number of nitrogens with zero attached hydrogens (tertiary/aromatic N) is 3. The highest BCUT2D eigenvalue weighted by molar-refractivity contribution is 7.13. The zero-order chi connectivity index (χ0) is 26.4. The molecule has 3 heterocycles. The van der Waals surface area contributed by atoms with E-state index in [2.05, 4.69) is 20.5 Å². The molecule has 1 aromatic carbocycles. The molecule has 0 spiro atoms. The molecule has 4 rings (SSSR count). The van der Waals surface area contributed by atoms with E-state index in [0.717, 1.165) is 54.5 Å². The van der Waals surface area contributed by atoms with Crippen molar-refractivity contribution in [3.05, 3.63) is 35.5 Å². The number of benzene rings is 1. The minimum Gasteiger partial charge on any atom is -0.492 e. The molecule has 2 saturated heterocycles. The van der Waals surface area contributed by atoms with E-state index in [-0.39, 0.29) is 43.2 Å². The van der Waals surface area contributed by atoms with Gasteiger partial charge in [-0.3, -0.25) is 19.5 Å². The van der Waals surface area contributed by atoms with E-state index < -0.39 is 12.1 Å². The molecule has 202 valence electrons. The van der Waals surface area contributed by atoms with Crippen molar-refractivity contribution in [2.75, 3.05) is 45.9 Å². The fourth-order valence-corrected chi connectivity index (χ4v) is 5.34. The predicted molar refractivity (Wildman–Crippen MR) is 144 cm³/mol. The zero-order valence-corrected chi connectivity index (χ0v) is 22.8. The Hall–Kier alpha value is -2.53. The number of ether oxygens (including phenoxy) is 1. The van der Waals surface area contributed by atoms with E-state index in [1.165, 1.54) is 0 Å². The lowest BCUT2D eigenvalue weighted by molar-refractivity contribution is -0.142. The van der Waals surface area contributed by atoms with Crippen LogP contribution >= 0.6 is 11.3 Å². The Morgan fingerprint density at radius 2 is 2.05 bits per heavy atom. The van der Waals surface area contributed by atoms with Crippen LogP contribution < -0.4 is 15.4 Å². The highest BCUT2D eigenvalue weighted by atomic mass is 32.1. The van der Waals surface area contributed by atoms with Gasteiger partial charge in [-0.05, 0) is 17.5 Å². The first-order chi connectivity index (χ1) is 17.8. The van der Waals surface area contributed by atoms with Gasteiger partial charge in [0.15, 0.2) is 0 Å². The van der Waals surface area contributed by atoms with Crippen LogP contribution in [0.25, 0.3) is 10.4 Å². The Bertz CT molecular complexity index is 1040. The number of hydrogen-bond donors (Lipinski definition) is 3. The number of carbonyl (C=O) groups excluding carboxylic acids is 2. The molecule has 2 aromatic rings. The lowest BCUT2D eigenvalue weighted by Gasteiger charge is -2.28. The molecule has 2 aliphatic heterocycles. The number of carbonyl (C=O) groups is 2. The van der Waals surface area contributed by atoms with Crippen LogP contribution in [0.3, 0.4) is 0 Å². The number of β-amino-alcohol motifs (C(OH)–C–C–N with tert-alkyl or cyclic N) is 1. The third-order valence-corrected chi connectivity index (χ3v) is 8.19. The summed E-state index contributed by atoms with van der Waals surface area (Å²) in [7, 11) is 0. The fraction of sp³-hybridized carbons (Fsp3) is 0.593. The highest BCUT2D eigenvalue weighted by Gasteiger charge is 2.40. The van der Waals surface area contributed by atoms with Crippen LogP contribution in [-0.4, -0.2) is 89.7 Å². The SMILES string of the molecule is CC(C)C(C)C(=O)N1CC(O)CC1C(=O)NCc1ccc(-c2cncs2)cc1OCCN1CCNCC1. The molecule has 9 nitrogen and oxygen atoms in total. The van der Waals surface area contributed by atoms with E-state index in [4.69, 9.17) is 4.74 Å². The van der Waals surface area contributed by atoms with Crippen molar-refractivity contribution < 1.29 is 19.4 Å². The van der Waals surface area contributed by atoms with Crippen LogP contribution in [0.2, 0.25) is 0 Å². The highest BCUT2D eigenvalue weighted by Crippen LogP contribution is 2.30. The standard InChI is InChI=1S/C27H39N5O4S/c1-18(2)19(3)27(35)32-16-22(33)13-23(32)26(34)30-14-21-5-4-20(25-15-29-17-37-25)12-24(21)36-11-10-31-8-6-28-7-9-31/h4-5,12,15,17-19,22-23,28,33H,6-11,13-14,16H2,1-3H3,(H,30,34). The maximum Gasteiger partial charge on any atom is 0.243 e. The lowest BCUT2D eigenvalue weighted by atomic mass is 9.96. The van der Waals surface area contributed by atoms with Crippen LogP contribution in [0, 0.1) is 11.8 Å². The first-order valence-corrected chi connectivity index (χ1v) is 14.1. The van der Waals surface area contributed by atoms with E-state index in [1.54, 1.807) is 21.7 Å². The lowest BCUT2D eigenvalue weighted by Crippen LogP contribution is -2.48. The average molecular weight is 530 g/mol. The smallest absolute Gasteiger partial charge is 0.243 e. The van der Waals surface area contributed by atoms with E-state index in [9.17, 15) is 14.7 Å². The summed E-state index contributed by atoms with van der Waals surface area (Å²) < 4.78 is 6.24. The molecule has 37 heavy (non-hydrogen) atoms. The number of aliphatic hydroxyl groups is 1. The summed E-state index contributed by atoms with van der Waals surface area (Å²) in [5, 5.41) is 16.6. The molecule has 2 fully saturated rings. The molecule has 1 aromatic heterocycles. The molecule has 2 amide bonds. The topological polar surface area (TPSA) is 107 Å². The minimum atomic E-state index is -0.693. The number of aliphatic hydroxyl groups excluding tert-OH is 1. The Morgan fingerprint density at radius 1 is 1.27 bits per heavy atom. The summed E-state index contributed by atoms with van der Waals surface area (Å²) in [6.45, 7) is 11.7. The van der Waals surface area contributed by atoms with Gasteiger partial charge in [0.2, 0.25) is 11.8 Å². The summed E-state index contributed by atoms with van der Waals surface area (Å²) in [5.74, 6) is 0.341. The van der Waals surface area contributed by atoms with Gasteiger partial charge < -0.3 is 25.4 Å². The second kappa shape index (κ2) is 12.8. The first-order valence-electron chi connectivity index (χ1n) is 13.2. The normalized spacial score (nSPS) is 21.3. The Labute approximate surface area is 223 Å². The van der Waals surface area contributed by atoms with Gasteiger partial charge >= 0.3 is 0 Å². The number of aromatic nitrogens is 1. The van der Waals surface area contributed by atoms with Gasteiger partial charge in [-0.15, -0.1) is 11.3 Å². The number of nitrogens with one attached hydrogen (secondary N) is 2. The maximum absolute atomic E-state index is 13.2. The van der Waals surface area contributed by atoms with Crippen LogP contribution in [-0.2, 0) is 16.1 Å². The Morgan fingerprint density at radius 3 is 2.76 bits per heavy atom. The molecule has 2 aliphatic rings. The van der Waals surface area contributed by atoms with E-state index >= 15 is 0 Å². The van der Waals surface area contributed by atoms with Crippen molar-refractivity contribution in [3.63, 3.8) is 0 Å². The van der Waals surface area contributed by atoms with Gasteiger partial charge in [0.25, 0.3) is 0 Å². The molecule has 0 aliphatic carbocycles. The monoisotopic (exact) mass is 529 g/mol. The summed E-state index contributed by atoms with van der Waals surface area (Å²) in [5.41, 5.74) is 3.69. The molecule has 0 bridgehead atoms. The van der Waals surface area contributed by atoms with Gasteiger partial charge in [-0.1, -0.05) is 32.9 Å². The summed E-state index contributed by atoms with van der Waals surface area (Å²) >= 11 is 1.57. The molecular weight excluding hydrogens is 490 g/mol. The molecular formula is C27H39N5O4S. The molecule has 10 heteroatoms. The number of rotatable bonds is 10. The first kappa shape index (κ1) is 27.5. The molecule has 3 N–H and O–H groups in total. The quantitative estimate of drug-likeness (QED) is 0.432. The van der Waals surface area contributed by atoms with Gasteiger partial charge in [0.05, 0.1) is 16.5 Å². The van der Waals surface area contributed by atoms with E-state index in [0.29, 0.717) is 6.61 Å². The fourth-order valence-electron chi connectivity index (χ4n) is 4.72. The third kappa shape index (κ3) is 7.07. The average Bonchev–Trinajstić information content (AvgIpc) is 3.57. The third-order valence-electron chi connectivity index (χ3n) is 7.37. The Kier molecular flexibility index (Phi) is 9.53. The zero-order valence-electron chi connectivity index (χ0n) is 22.0. The van der Waals surface area contributed by atoms with Crippen molar-refractivity contribution in [2.45, 2.75) is 45.9 Å². The van der Waals surface area contributed by atoms with Crippen LogP contribution in [0.1, 0.15) is 32.8 Å². The minimum absolute atomic E-state index is 0.0856. The van der Waals surface area contributed by atoms with Crippen LogP contribution in [0.4, 0.5) is 0 Å². The number of thiazole rings is 1. The summed E-state index contributed by atoms with van der Waals surface area (Å²) in [4.78, 5) is 35.3. The summed E-state index contributed by atoms with van der Waals surface area (Å²) in [6, 6.07) is 5.32. The summed E-state index contributed by atoms with van der Waals surface area (Å²) in [6.07, 6.45) is 1.39. The van der Waals surface area contributed by atoms with Gasteiger partial charge in [-0.25, -0.2) is 0 Å². The number of piperazine rings is 1. The van der Waals surface area contributed by atoms with E-state index in [1.807, 2.05) is 45.2 Å². The molecule has 3 atom stereocenters. The van der Waals surface area contributed by atoms with Crippen molar-refractivity contribution >= 4 is 23.2 Å². The molecule has 0 radical (unpaired) electrons. The van der Waals surface area contributed by atoms with Crippen molar-refractivity contribution in [3.8, 4) is 16.2 Å². The second-order valence-electron chi connectivity index (χ2n) is 10.3. The van der Waals surface area contributed by atoms with Crippen molar-refractivity contribution in [2.24, 2.45) is 11.8 Å². The van der Waals surface area contributed by atoms with Crippen molar-refractivity contribution in [1.29, 1.82) is 0 Å². The van der Waals surface area contributed by atoms with Crippen LogP contribution in [0.5, 0.6) is 5.75 Å². The van der Waals surface area contributed by atoms with Crippen molar-refractivity contribution in [1.82, 2.24) is 25.4 Å². The predicted octanol–water partition coefficient (Wildman–Crippen LogP) is 1.96. The van der Waals surface area contributed by atoms with Gasteiger partial charge in [-0.2, -0.15) is 0 Å². The largest absolute Gasteiger partial charge is 0.492 e. The number of amides is 2. The Balaban J connectivity index is 1.43. The molecule has 0 saturated carbocycles.